The number of anilines is 1. The number of pyridine rings is 1. The van der Waals surface area contributed by atoms with Crippen molar-refractivity contribution in [2.45, 2.75) is 38.3 Å². The van der Waals surface area contributed by atoms with E-state index in [1.165, 1.54) is 32.0 Å². The minimum Gasteiger partial charge on any atom is -0.478 e. The molecule has 5 nitrogen and oxygen atoms in total. The number of aromatic nitrogens is 1. The number of hydrogen-bond acceptors (Lipinski definition) is 4. The van der Waals surface area contributed by atoms with Gasteiger partial charge in [0, 0.05) is 31.4 Å². The predicted octanol–water partition coefficient (Wildman–Crippen LogP) is 1.84. The maximum Gasteiger partial charge on any atom is 0.337 e. The van der Waals surface area contributed by atoms with Gasteiger partial charge in [0.2, 0.25) is 0 Å². The molecular weight excluding hydrogens is 254 g/mol. The van der Waals surface area contributed by atoms with Crippen LogP contribution in [0.25, 0.3) is 0 Å². The molecule has 3 heterocycles. The molecule has 0 radical (unpaired) electrons. The maximum absolute atomic E-state index is 10.9. The number of carbonyl (C=O) groups is 1. The van der Waals surface area contributed by atoms with Crippen molar-refractivity contribution < 1.29 is 9.90 Å². The summed E-state index contributed by atoms with van der Waals surface area (Å²) in [5, 5.41) is 8.93. The van der Waals surface area contributed by atoms with Gasteiger partial charge in [0.05, 0.1) is 5.56 Å². The minimum absolute atomic E-state index is 0.248. The third-order valence-electron chi connectivity index (χ3n) is 4.48. The molecule has 2 aliphatic heterocycles. The van der Waals surface area contributed by atoms with Crippen LogP contribution in [0.1, 0.15) is 36.5 Å². The molecule has 2 fully saturated rings. The lowest BCUT2D eigenvalue weighted by Gasteiger charge is -2.48. The van der Waals surface area contributed by atoms with Crippen molar-refractivity contribution in [2.24, 2.45) is 0 Å². The van der Waals surface area contributed by atoms with Crippen LogP contribution in [-0.4, -0.2) is 52.7 Å². The summed E-state index contributed by atoms with van der Waals surface area (Å²) in [7, 11) is 0. The molecule has 2 saturated heterocycles. The Morgan fingerprint density at radius 3 is 2.90 bits per heavy atom. The molecule has 0 amide bonds. The van der Waals surface area contributed by atoms with Crippen LogP contribution in [0.2, 0.25) is 0 Å². The molecule has 5 heteroatoms. The Balaban J connectivity index is 1.77. The van der Waals surface area contributed by atoms with Gasteiger partial charge >= 0.3 is 5.97 Å². The van der Waals surface area contributed by atoms with Crippen LogP contribution in [0.15, 0.2) is 18.3 Å². The highest BCUT2D eigenvalue weighted by Gasteiger charge is 2.33. The van der Waals surface area contributed by atoms with E-state index >= 15 is 0 Å². The summed E-state index contributed by atoms with van der Waals surface area (Å²) in [6.07, 6.45) is 5.34. The molecule has 0 bridgehead atoms. The summed E-state index contributed by atoms with van der Waals surface area (Å²) in [6, 6.07) is 4.52. The third kappa shape index (κ3) is 2.50. The molecule has 2 atom stereocenters. The molecule has 0 saturated carbocycles. The number of piperidine rings is 1. The lowest BCUT2D eigenvalue weighted by molar-refractivity contribution is 0.0696. The Morgan fingerprint density at radius 1 is 1.35 bits per heavy atom. The SMILES string of the molecule is CC1CN2CCCCC2CN1c1ccc(C(=O)O)cn1. The van der Waals surface area contributed by atoms with Gasteiger partial charge in [-0.1, -0.05) is 6.42 Å². The number of hydrogen-bond donors (Lipinski definition) is 1. The van der Waals surface area contributed by atoms with E-state index < -0.39 is 5.97 Å². The van der Waals surface area contributed by atoms with Crippen LogP contribution < -0.4 is 4.90 Å². The molecule has 1 aromatic rings. The maximum atomic E-state index is 10.9. The number of aromatic carboxylic acids is 1. The molecule has 0 aromatic carbocycles. The van der Waals surface area contributed by atoms with E-state index in [1.54, 1.807) is 6.07 Å². The molecule has 2 unspecified atom stereocenters. The first-order valence-electron chi connectivity index (χ1n) is 7.35. The van der Waals surface area contributed by atoms with E-state index in [1.807, 2.05) is 6.07 Å². The fourth-order valence-corrected chi connectivity index (χ4v) is 3.35. The van der Waals surface area contributed by atoms with Crippen LogP contribution in [0.5, 0.6) is 0 Å². The minimum atomic E-state index is -0.922. The quantitative estimate of drug-likeness (QED) is 0.892. The Hall–Kier alpha value is -1.62. The molecule has 1 aromatic heterocycles. The van der Waals surface area contributed by atoms with Crippen molar-refractivity contribution in [3.8, 4) is 0 Å². The van der Waals surface area contributed by atoms with Crippen molar-refractivity contribution in [1.29, 1.82) is 0 Å². The summed E-state index contributed by atoms with van der Waals surface area (Å²) in [6.45, 7) is 5.51. The van der Waals surface area contributed by atoms with E-state index in [-0.39, 0.29) is 5.56 Å². The lowest BCUT2D eigenvalue weighted by atomic mass is 9.97. The van der Waals surface area contributed by atoms with E-state index in [9.17, 15) is 4.79 Å². The fraction of sp³-hybridized carbons (Fsp3) is 0.600. The van der Waals surface area contributed by atoms with Gasteiger partial charge in [0.1, 0.15) is 5.82 Å². The van der Waals surface area contributed by atoms with Gasteiger partial charge in [-0.15, -0.1) is 0 Å². The Bertz CT molecular complexity index is 488. The average Bonchev–Trinajstić information content (AvgIpc) is 2.46. The molecule has 0 aliphatic carbocycles. The van der Waals surface area contributed by atoms with Gasteiger partial charge in [0.25, 0.3) is 0 Å². The Kier molecular flexibility index (Phi) is 3.61. The van der Waals surface area contributed by atoms with E-state index in [0.29, 0.717) is 12.1 Å². The summed E-state index contributed by atoms with van der Waals surface area (Å²) < 4.78 is 0. The Morgan fingerprint density at radius 2 is 2.20 bits per heavy atom. The molecule has 2 aliphatic rings. The number of carboxylic acids is 1. The van der Waals surface area contributed by atoms with Crippen molar-refractivity contribution in [2.75, 3.05) is 24.5 Å². The molecule has 3 rings (SSSR count). The second-order valence-electron chi connectivity index (χ2n) is 5.86. The molecular formula is C15H21N3O2. The number of piperazine rings is 1. The smallest absolute Gasteiger partial charge is 0.337 e. The number of fused-ring (bicyclic) bond motifs is 1. The zero-order valence-electron chi connectivity index (χ0n) is 11.8. The first-order valence-corrected chi connectivity index (χ1v) is 7.35. The average molecular weight is 275 g/mol. The summed E-state index contributed by atoms with van der Waals surface area (Å²) in [5.74, 6) is -0.0260. The highest BCUT2D eigenvalue weighted by atomic mass is 16.4. The van der Waals surface area contributed by atoms with Gasteiger partial charge in [-0.2, -0.15) is 0 Å². The first-order chi connectivity index (χ1) is 9.65. The summed E-state index contributed by atoms with van der Waals surface area (Å²) >= 11 is 0. The first kappa shape index (κ1) is 13.4. The van der Waals surface area contributed by atoms with Gasteiger partial charge in [-0.3, -0.25) is 4.90 Å². The number of nitrogens with zero attached hydrogens (tertiary/aromatic N) is 3. The van der Waals surface area contributed by atoms with Crippen molar-refractivity contribution in [3.63, 3.8) is 0 Å². The normalized spacial score (nSPS) is 27.1. The second-order valence-corrected chi connectivity index (χ2v) is 5.86. The molecule has 20 heavy (non-hydrogen) atoms. The number of rotatable bonds is 2. The zero-order chi connectivity index (χ0) is 14.1. The highest BCUT2D eigenvalue weighted by molar-refractivity contribution is 5.87. The van der Waals surface area contributed by atoms with Crippen LogP contribution in [0.4, 0.5) is 5.82 Å². The summed E-state index contributed by atoms with van der Waals surface area (Å²) in [4.78, 5) is 20.1. The third-order valence-corrected chi connectivity index (χ3v) is 4.48. The lowest BCUT2D eigenvalue weighted by Crippen LogP contribution is -2.59. The Labute approximate surface area is 119 Å². The topological polar surface area (TPSA) is 56.7 Å². The van der Waals surface area contributed by atoms with Crippen molar-refractivity contribution in [3.05, 3.63) is 23.9 Å². The van der Waals surface area contributed by atoms with Gasteiger partial charge < -0.3 is 10.0 Å². The highest BCUT2D eigenvalue weighted by Crippen LogP contribution is 2.27. The van der Waals surface area contributed by atoms with Gasteiger partial charge in [-0.05, 0) is 38.4 Å². The van der Waals surface area contributed by atoms with Crippen LogP contribution in [0.3, 0.4) is 0 Å². The zero-order valence-corrected chi connectivity index (χ0v) is 11.8. The molecule has 0 spiro atoms. The fourth-order valence-electron chi connectivity index (χ4n) is 3.35. The number of carboxylic acid groups (broad SMARTS) is 1. The second kappa shape index (κ2) is 5.40. The standard InChI is InChI=1S/C15H21N3O2/c1-11-9-17-7-3-2-4-13(17)10-18(11)14-6-5-12(8-16-14)15(19)20/h5-6,8,11,13H,2-4,7,9-10H2,1H3,(H,19,20). The van der Waals surface area contributed by atoms with Crippen LogP contribution in [-0.2, 0) is 0 Å². The monoisotopic (exact) mass is 275 g/mol. The molecule has 1 N–H and O–H groups in total. The van der Waals surface area contributed by atoms with Crippen molar-refractivity contribution >= 4 is 11.8 Å². The van der Waals surface area contributed by atoms with Gasteiger partial charge in [0.15, 0.2) is 0 Å². The largest absolute Gasteiger partial charge is 0.478 e. The van der Waals surface area contributed by atoms with E-state index in [0.717, 1.165) is 18.9 Å². The summed E-state index contributed by atoms with van der Waals surface area (Å²) in [5.41, 5.74) is 0.248. The van der Waals surface area contributed by atoms with Crippen molar-refractivity contribution in [1.82, 2.24) is 9.88 Å². The van der Waals surface area contributed by atoms with Crippen LogP contribution in [0, 0.1) is 0 Å². The van der Waals surface area contributed by atoms with Gasteiger partial charge in [-0.25, -0.2) is 9.78 Å². The predicted molar refractivity (Wildman–Crippen MR) is 77.2 cm³/mol. The van der Waals surface area contributed by atoms with E-state index in [2.05, 4.69) is 21.7 Å². The molecule has 108 valence electrons. The van der Waals surface area contributed by atoms with E-state index in [4.69, 9.17) is 5.11 Å². The van der Waals surface area contributed by atoms with Crippen LogP contribution >= 0.6 is 0 Å².